The highest BCUT2D eigenvalue weighted by molar-refractivity contribution is 5.78. The Morgan fingerprint density at radius 2 is 1.95 bits per heavy atom. The third-order valence-corrected chi connectivity index (χ3v) is 3.92. The van der Waals surface area contributed by atoms with Gasteiger partial charge in [0.1, 0.15) is 5.52 Å². The number of nitrogens with zero attached hydrogens (tertiary/aromatic N) is 1. The molecule has 1 aromatic heterocycles. The zero-order valence-corrected chi connectivity index (χ0v) is 11.5. The highest BCUT2D eigenvalue weighted by atomic mass is 16.4. The second-order valence-corrected chi connectivity index (χ2v) is 6.00. The van der Waals surface area contributed by atoms with Crippen LogP contribution in [0.25, 0.3) is 11.1 Å². The Labute approximate surface area is 113 Å². The minimum atomic E-state index is 0.462. The van der Waals surface area contributed by atoms with Gasteiger partial charge in [0.05, 0.1) is 0 Å². The molecule has 1 saturated carbocycles. The van der Waals surface area contributed by atoms with Gasteiger partial charge < -0.3 is 15.5 Å². The van der Waals surface area contributed by atoms with Gasteiger partial charge in [0.2, 0.25) is 0 Å². The maximum atomic E-state index is 5.75. The summed E-state index contributed by atoms with van der Waals surface area (Å²) in [4.78, 5) is 4.46. The molecule has 1 aromatic carbocycles. The van der Waals surface area contributed by atoms with Gasteiger partial charge in [0.25, 0.3) is 6.01 Å². The van der Waals surface area contributed by atoms with E-state index in [1.807, 2.05) is 18.2 Å². The zero-order chi connectivity index (χ0) is 13.4. The molecule has 0 amide bonds. The van der Waals surface area contributed by atoms with E-state index in [0.717, 1.165) is 22.9 Å². The van der Waals surface area contributed by atoms with E-state index in [0.29, 0.717) is 17.7 Å². The molecule has 1 aliphatic rings. The summed E-state index contributed by atoms with van der Waals surface area (Å²) in [6.45, 7) is 4.63. The molecule has 19 heavy (non-hydrogen) atoms. The molecule has 2 aromatic rings. The first-order valence-electron chi connectivity index (χ1n) is 7.03. The van der Waals surface area contributed by atoms with E-state index < -0.39 is 0 Å². The third kappa shape index (κ3) is 2.67. The highest BCUT2D eigenvalue weighted by Gasteiger charge is 2.24. The van der Waals surface area contributed by atoms with Gasteiger partial charge in [-0.25, -0.2) is 0 Å². The van der Waals surface area contributed by atoms with E-state index in [1.54, 1.807) is 0 Å². The number of fused-ring (bicyclic) bond motifs is 1. The van der Waals surface area contributed by atoms with Gasteiger partial charge in [0, 0.05) is 11.7 Å². The van der Waals surface area contributed by atoms with Gasteiger partial charge in [-0.1, -0.05) is 13.8 Å². The average Bonchev–Trinajstić information content (AvgIpc) is 2.68. The van der Waals surface area contributed by atoms with Crippen molar-refractivity contribution in [2.75, 3.05) is 11.1 Å². The molecule has 0 aliphatic heterocycles. The van der Waals surface area contributed by atoms with Crippen molar-refractivity contribution in [3.63, 3.8) is 0 Å². The average molecular weight is 259 g/mol. The van der Waals surface area contributed by atoms with Crippen LogP contribution in [0.5, 0.6) is 0 Å². The van der Waals surface area contributed by atoms with E-state index in [9.17, 15) is 0 Å². The molecule has 102 valence electrons. The summed E-state index contributed by atoms with van der Waals surface area (Å²) in [6, 6.07) is 6.63. The van der Waals surface area contributed by atoms with Crippen LogP contribution in [0.3, 0.4) is 0 Å². The van der Waals surface area contributed by atoms with E-state index in [4.69, 9.17) is 10.2 Å². The van der Waals surface area contributed by atoms with Crippen LogP contribution in [0.1, 0.15) is 33.1 Å². The molecule has 0 saturated heterocycles. The minimum Gasteiger partial charge on any atom is -0.424 e. The Balaban J connectivity index is 1.77. The monoisotopic (exact) mass is 259 g/mol. The topological polar surface area (TPSA) is 64.1 Å². The van der Waals surface area contributed by atoms with E-state index in [1.165, 1.54) is 19.3 Å². The lowest BCUT2D eigenvalue weighted by Gasteiger charge is -2.31. The van der Waals surface area contributed by atoms with Crippen molar-refractivity contribution >= 4 is 22.8 Å². The Morgan fingerprint density at radius 3 is 2.68 bits per heavy atom. The highest BCUT2D eigenvalue weighted by Crippen LogP contribution is 2.31. The van der Waals surface area contributed by atoms with E-state index in [-0.39, 0.29) is 0 Å². The largest absolute Gasteiger partial charge is 0.424 e. The summed E-state index contributed by atoms with van der Waals surface area (Å²) in [5.41, 5.74) is 8.07. The van der Waals surface area contributed by atoms with Crippen molar-refractivity contribution in [2.24, 2.45) is 11.8 Å². The molecular weight excluding hydrogens is 238 g/mol. The lowest BCUT2D eigenvalue weighted by Crippen LogP contribution is -2.30. The second kappa shape index (κ2) is 4.76. The van der Waals surface area contributed by atoms with Crippen LogP contribution < -0.4 is 11.1 Å². The standard InChI is InChI=1S/C15H21N3O/c1-9-5-10(2)7-12(6-9)17-15-18-13-8-11(16)3-4-14(13)19-15/h3-4,8-10,12H,5-7,16H2,1-2H3,(H,17,18). The predicted octanol–water partition coefficient (Wildman–Crippen LogP) is 3.65. The van der Waals surface area contributed by atoms with Crippen LogP contribution in [0.15, 0.2) is 22.6 Å². The Bertz CT molecular complexity index is 568. The summed E-state index contributed by atoms with van der Waals surface area (Å²) >= 11 is 0. The second-order valence-electron chi connectivity index (χ2n) is 6.00. The number of aromatic nitrogens is 1. The quantitative estimate of drug-likeness (QED) is 0.808. The molecule has 3 N–H and O–H groups in total. The van der Waals surface area contributed by atoms with Crippen molar-refractivity contribution in [3.05, 3.63) is 18.2 Å². The number of oxazole rings is 1. The SMILES string of the molecule is CC1CC(C)CC(Nc2nc3cc(N)ccc3o2)C1. The minimum absolute atomic E-state index is 0.462. The first-order chi connectivity index (χ1) is 9.10. The number of nitrogens with two attached hydrogens (primary N) is 1. The molecule has 4 heteroatoms. The van der Waals surface area contributed by atoms with Gasteiger partial charge in [0.15, 0.2) is 5.58 Å². The van der Waals surface area contributed by atoms with Crippen LogP contribution in [-0.4, -0.2) is 11.0 Å². The number of hydrogen-bond acceptors (Lipinski definition) is 4. The lowest BCUT2D eigenvalue weighted by atomic mass is 9.80. The fourth-order valence-electron chi connectivity index (χ4n) is 3.25. The maximum Gasteiger partial charge on any atom is 0.295 e. The zero-order valence-electron chi connectivity index (χ0n) is 11.5. The summed E-state index contributed by atoms with van der Waals surface area (Å²) in [5, 5.41) is 3.43. The first-order valence-corrected chi connectivity index (χ1v) is 7.03. The van der Waals surface area contributed by atoms with Gasteiger partial charge in [-0.3, -0.25) is 0 Å². The molecule has 0 radical (unpaired) electrons. The molecule has 3 rings (SSSR count). The summed E-state index contributed by atoms with van der Waals surface area (Å²) in [6.07, 6.45) is 3.69. The van der Waals surface area contributed by atoms with E-state index in [2.05, 4.69) is 24.1 Å². The molecule has 1 fully saturated rings. The number of anilines is 2. The predicted molar refractivity (Wildman–Crippen MR) is 78.0 cm³/mol. The first kappa shape index (κ1) is 12.3. The van der Waals surface area contributed by atoms with Crippen LogP contribution in [0.2, 0.25) is 0 Å². The van der Waals surface area contributed by atoms with Crippen LogP contribution in [-0.2, 0) is 0 Å². The number of nitrogen functional groups attached to an aromatic ring is 1. The molecule has 2 unspecified atom stereocenters. The number of hydrogen-bond donors (Lipinski definition) is 2. The lowest BCUT2D eigenvalue weighted by molar-refractivity contribution is 0.278. The molecule has 4 nitrogen and oxygen atoms in total. The van der Waals surface area contributed by atoms with Crippen LogP contribution in [0, 0.1) is 11.8 Å². The smallest absolute Gasteiger partial charge is 0.295 e. The van der Waals surface area contributed by atoms with E-state index >= 15 is 0 Å². The van der Waals surface area contributed by atoms with Crippen molar-refractivity contribution in [1.82, 2.24) is 4.98 Å². The van der Waals surface area contributed by atoms with Crippen molar-refractivity contribution < 1.29 is 4.42 Å². The summed E-state index contributed by atoms with van der Waals surface area (Å²) < 4.78 is 5.72. The van der Waals surface area contributed by atoms with Crippen molar-refractivity contribution in [1.29, 1.82) is 0 Å². The molecule has 2 atom stereocenters. The maximum absolute atomic E-state index is 5.75. The Hall–Kier alpha value is -1.71. The Kier molecular flexibility index (Phi) is 3.09. The molecule has 1 heterocycles. The fourth-order valence-corrected chi connectivity index (χ4v) is 3.25. The van der Waals surface area contributed by atoms with Gasteiger partial charge in [-0.15, -0.1) is 0 Å². The van der Waals surface area contributed by atoms with Crippen molar-refractivity contribution in [3.8, 4) is 0 Å². The third-order valence-electron chi connectivity index (χ3n) is 3.92. The van der Waals surface area contributed by atoms with Crippen LogP contribution in [0.4, 0.5) is 11.7 Å². The summed E-state index contributed by atoms with van der Waals surface area (Å²) in [7, 11) is 0. The molecular formula is C15H21N3O. The molecule has 0 spiro atoms. The van der Waals surface area contributed by atoms with Gasteiger partial charge in [-0.05, 0) is 49.3 Å². The molecule has 0 bridgehead atoms. The fraction of sp³-hybridized carbons (Fsp3) is 0.533. The Morgan fingerprint density at radius 1 is 1.21 bits per heavy atom. The normalized spacial score (nSPS) is 27.6. The molecule has 1 aliphatic carbocycles. The van der Waals surface area contributed by atoms with Crippen molar-refractivity contribution in [2.45, 2.75) is 39.2 Å². The van der Waals surface area contributed by atoms with Crippen LogP contribution >= 0.6 is 0 Å². The van der Waals surface area contributed by atoms with Gasteiger partial charge >= 0.3 is 0 Å². The number of nitrogens with one attached hydrogen (secondary N) is 1. The summed E-state index contributed by atoms with van der Waals surface area (Å²) in [5.74, 6) is 1.53. The number of rotatable bonds is 2. The van der Waals surface area contributed by atoms with Gasteiger partial charge in [-0.2, -0.15) is 4.98 Å². The number of benzene rings is 1.